The van der Waals surface area contributed by atoms with Crippen molar-refractivity contribution in [3.8, 4) is 0 Å². The van der Waals surface area contributed by atoms with Crippen molar-refractivity contribution in [1.82, 2.24) is 4.98 Å². The summed E-state index contributed by atoms with van der Waals surface area (Å²) >= 11 is 0. The molecular formula is C22H23N3O. The second-order valence-electron chi connectivity index (χ2n) is 6.29. The van der Waals surface area contributed by atoms with Gasteiger partial charge in [0.05, 0.1) is 17.4 Å². The van der Waals surface area contributed by atoms with Gasteiger partial charge in [0.25, 0.3) is 5.91 Å². The van der Waals surface area contributed by atoms with Gasteiger partial charge in [-0.1, -0.05) is 35.9 Å². The van der Waals surface area contributed by atoms with E-state index in [0.29, 0.717) is 12.1 Å². The summed E-state index contributed by atoms with van der Waals surface area (Å²) in [5.74, 6) is -0.0597. The number of amides is 1. The molecule has 0 aliphatic carbocycles. The molecule has 0 saturated heterocycles. The fourth-order valence-electron chi connectivity index (χ4n) is 2.94. The summed E-state index contributed by atoms with van der Waals surface area (Å²) in [5, 5.41) is 3.36. The number of aryl methyl sites for hydroxylation is 2. The van der Waals surface area contributed by atoms with Crippen LogP contribution in [0.1, 0.15) is 28.4 Å². The number of carbonyl (C=O) groups is 1. The Morgan fingerprint density at radius 3 is 2.50 bits per heavy atom. The lowest BCUT2D eigenvalue weighted by Gasteiger charge is -2.21. The van der Waals surface area contributed by atoms with E-state index in [4.69, 9.17) is 0 Å². The average Bonchev–Trinajstić information content (AvgIpc) is 2.66. The number of aromatic nitrogens is 1. The summed E-state index contributed by atoms with van der Waals surface area (Å²) in [5.41, 5.74) is 5.63. The van der Waals surface area contributed by atoms with E-state index < -0.39 is 0 Å². The molecule has 3 rings (SSSR count). The Bertz CT molecular complexity index is 906. The van der Waals surface area contributed by atoms with Gasteiger partial charge in [0.15, 0.2) is 0 Å². The molecule has 0 unspecified atom stereocenters. The first-order valence-corrected chi connectivity index (χ1v) is 8.74. The standard InChI is InChI=1S/C22H23N3O/c1-4-25(20-8-6-5-7-9-20)22(26)18-13-19(15-23-14-18)24-21-11-10-16(2)12-17(21)3/h5-15,24H,4H2,1-3H3. The molecule has 0 fully saturated rings. The molecular weight excluding hydrogens is 322 g/mol. The molecule has 0 spiro atoms. The number of nitrogens with zero attached hydrogens (tertiary/aromatic N) is 2. The van der Waals surface area contributed by atoms with Gasteiger partial charge in [-0.3, -0.25) is 9.78 Å². The van der Waals surface area contributed by atoms with Crippen LogP contribution in [0.3, 0.4) is 0 Å². The molecule has 2 aromatic carbocycles. The Hall–Kier alpha value is -3.14. The number of hydrogen-bond acceptors (Lipinski definition) is 3. The Morgan fingerprint density at radius 1 is 1.04 bits per heavy atom. The zero-order chi connectivity index (χ0) is 18.5. The largest absolute Gasteiger partial charge is 0.354 e. The van der Waals surface area contributed by atoms with Gasteiger partial charge in [-0.15, -0.1) is 0 Å². The molecule has 0 saturated carbocycles. The van der Waals surface area contributed by atoms with Crippen LogP contribution < -0.4 is 10.2 Å². The highest BCUT2D eigenvalue weighted by Gasteiger charge is 2.16. The molecule has 0 bridgehead atoms. The summed E-state index contributed by atoms with van der Waals surface area (Å²) in [4.78, 5) is 18.9. The van der Waals surface area contributed by atoms with E-state index in [2.05, 4.69) is 36.3 Å². The topological polar surface area (TPSA) is 45.2 Å². The maximum absolute atomic E-state index is 13.0. The molecule has 1 N–H and O–H groups in total. The summed E-state index contributed by atoms with van der Waals surface area (Å²) in [6.45, 7) is 6.69. The summed E-state index contributed by atoms with van der Waals surface area (Å²) in [6, 6.07) is 17.8. The predicted octanol–water partition coefficient (Wildman–Crippen LogP) is 5.11. The molecule has 0 aliphatic rings. The molecule has 4 nitrogen and oxygen atoms in total. The third-order valence-corrected chi connectivity index (χ3v) is 4.28. The van der Waals surface area contributed by atoms with Gasteiger partial charge in [0, 0.05) is 24.1 Å². The zero-order valence-corrected chi connectivity index (χ0v) is 15.4. The maximum Gasteiger partial charge on any atom is 0.259 e. The van der Waals surface area contributed by atoms with Crippen LogP contribution in [-0.2, 0) is 0 Å². The van der Waals surface area contributed by atoms with Crippen LogP contribution in [0.4, 0.5) is 17.1 Å². The smallest absolute Gasteiger partial charge is 0.259 e. The van der Waals surface area contributed by atoms with Crippen LogP contribution in [-0.4, -0.2) is 17.4 Å². The van der Waals surface area contributed by atoms with E-state index in [1.807, 2.05) is 49.4 Å². The van der Waals surface area contributed by atoms with E-state index in [1.165, 1.54) is 5.56 Å². The van der Waals surface area contributed by atoms with Crippen LogP contribution in [0.5, 0.6) is 0 Å². The molecule has 132 valence electrons. The molecule has 0 radical (unpaired) electrons. The van der Waals surface area contributed by atoms with E-state index in [-0.39, 0.29) is 5.91 Å². The second kappa shape index (κ2) is 7.83. The monoisotopic (exact) mass is 345 g/mol. The van der Waals surface area contributed by atoms with Crippen molar-refractivity contribution in [2.24, 2.45) is 0 Å². The number of benzene rings is 2. The highest BCUT2D eigenvalue weighted by Crippen LogP contribution is 2.23. The number of carbonyl (C=O) groups excluding carboxylic acids is 1. The molecule has 0 aliphatic heterocycles. The van der Waals surface area contributed by atoms with Crippen molar-refractivity contribution < 1.29 is 4.79 Å². The van der Waals surface area contributed by atoms with E-state index in [0.717, 1.165) is 22.6 Å². The molecule has 3 aromatic rings. The zero-order valence-electron chi connectivity index (χ0n) is 15.4. The van der Waals surface area contributed by atoms with Crippen LogP contribution >= 0.6 is 0 Å². The van der Waals surface area contributed by atoms with Crippen LogP contribution in [0.2, 0.25) is 0 Å². The Labute approximate surface area is 154 Å². The van der Waals surface area contributed by atoms with Gasteiger partial charge >= 0.3 is 0 Å². The lowest BCUT2D eigenvalue weighted by Crippen LogP contribution is -2.30. The van der Waals surface area contributed by atoms with Crippen LogP contribution in [0.15, 0.2) is 67.0 Å². The molecule has 1 amide bonds. The third-order valence-electron chi connectivity index (χ3n) is 4.28. The first kappa shape index (κ1) is 17.7. The Kier molecular flexibility index (Phi) is 5.32. The van der Waals surface area contributed by atoms with Gasteiger partial charge in [0.1, 0.15) is 0 Å². The summed E-state index contributed by atoms with van der Waals surface area (Å²) in [7, 11) is 0. The Balaban J connectivity index is 1.85. The van der Waals surface area contributed by atoms with E-state index in [9.17, 15) is 4.79 Å². The van der Waals surface area contributed by atoms with Crippen molar-refractivity contribution in [2.45, 2.75) is 20.8 Å². The number of pyridine rings is 1. The average molecular weight is 345 g/mol. The van der Waals surface area contributed by atoms with Crippen molar-refractivity contribution in [3.63, 3.8) is 0 Å². The van der Waals surface area contributed by atoms with Crippen molar-refractivity contribution in [3.05, 3.63) is 83.7 Å². The second-order valence-corrected chi connectivity index (χ2v) is 6.29. The minimum Gasteiger partial charge on any atom is -0.354 e. The summed E-state index contributed by atoms with van der Waals surface area (Å²) in [6.07, 6.45) is 3.34. The van der Waals surface area contributed by atoms with Crippen molar-refractivity contribution in [1.29, 1.82) is 0 Å². The highest BCUT2D eigenvalue weighted by atomic mass is 16.2. The van der Waals surface area contributed by atoms with Crippen molar-refractivity contribution >= 4 is 23.0 Å². The minimum absolute atomic E-state index is 0.0597. The highest BCUT2D eigenvalue weighted by molar-refractivity contribution is 6.06. The van der Waals surface area contributed by atoms with Gasteiger partial charge in [-0.05, 0) is 50.6 Å². The van der Waals surface area contributed by atoms with Gasteiger partial charge in [-0.2, -0.15) is 0 Å². The first-order valence-electron chi connectivity index (χ1n) is 8.74. The number of nitrogens with one attached hydrogen (secondary N) is 1. The fraction of sp³-hybridized carbons (Fsp3) is 0.182. The molecule has 1 heterocycles. The minimum atomic E-state index is -0.0597. The molecule has 1 aromatic heterocycles. The van der Waals surface area contributed by atoms with Gasteiger partial charge in [-0.25, -0.2) is 0 Å². The predicted molar refractivity (Wildman–Crippen MR) is 107 cm³/mol. The lowest BCUT2D eigenvalue weighted by molar-refractivity contribution is 0.0988. The first-order chi connectivity index (χ1) is 12.6. The number of rotatable bonds is 5. The normalized spacial score (nSPS) is 10.4. The third kappa shape index (κ3) is 3.91. The van der Waals surface area contributed by atoms with Crippen LogP contribution in [0, 0.1) is 13.8 Å². The van der Waals surface area contributed by atoms with Gasteiger partial charge < -0.3 is 10.2 Å². The van der Waals surface area contributed by atoms with Gasteiger partial charge in [0.2, 0.25) is 0 Å². The number of para-hydroxylation sites is 1. The maximum atomic E-state index is 13.0. The van der Waals surface area contributed by atoms with E-state index in [1.54, 1.807) is 17.3 Å². The van der Waals surface area contributed by atoms with Crippen molar-refractivity contribution in [2.75, 3.05) is 16.8 Å². The molecule has 26 heavy (non-hydrogen) atoms. The SMILES string of the molecule is CCN(C(=O)c1cncc(Nc2ccc(C)cc2C)c1)c1ccccc1. The van der Waals surface area contributed by atoms with E-state index >= 15 is 0 Å². The quantitative estimate of drug-likeness (QED) is 0.699. The number of hydrogen-bond donors (Lipinski definition) is 1. The fourth-order valence-corrected chi connectivity index (χ4v) is 2.94. The Morgan fingerprint density at radius 2 is 1.81 bits per heavy atom. The molecule has 4 heteroatoms. The number of anilines is 3. The lowest BCUT2D eigenvalue weighted by atomic mass is 10.1. The summed E-state index contributed by atoms with van der Waals surface area (Å²) < 4.78 is 0. The molecule has 0 atom stereocenters. The van der Waals surface area contributed by atoms with Crippen LogP contribution in [0.25, 0.3) is 0 Å².